The van der Waals surface area contributed by atoms with E-state index in [4.69, 9.17) is 23.2 Å². The minimum Gasteiger partial charge on any atom is -0.233 e. The van der Waals surface area contributed by atoms with Gasteiger partial charge >= 0.3 is 0 Å². The molecule has 66 valence electrons. The molecule has 2 aromatic rings. The molecule has 0 amide bonds. The van der Waals surface area contributed by atoms with Gasteiger partial charge in [-0.2, -0.15) is 0 Å². The van der Waals surface area contributed by atoms with Crippen molar-refractivity contribution in [2.45, 2.75) is 6.92 Å². The number of nitrogens with zero attached hydrogens (tertiary/aromatic N) is 3. The molecule has 0 radical (unpaired) electrons. The molecule has 0 fully saturated rings. The average Bonchev–Trinajstić information content (AvgIpc) is 2.06. The molecule has 0 aromatic carbocycles. The molecule has 2 rings (SSSR count). The fraction of sp³-hybridized carbons (Fsp3) is 0.125. The highest BCUT2D eigenvalue weighted by atomic mass is 35.5. The average molecular weight is 214 g/mol. The Labute approximate surface area is 84.7 Å². The van der Waals surface area contributed by atoms with Gasteiger partial charge in [-0.3, -0.25) is 0 Å². The quantitative estimate of drug-likeness (QED) is 0.499. The van der Waals surface area contributed by atoms with Crippen LogP contribution in [0.4, 0.5) is 0 Å². The topological polar surface area (TPSA) is 38.7 Å². The Morgan fingerprint density at radius 2 is 1.85 bits per heavy atom. The van der Waals surface area contributed by atoms with Crippen molar-refractivity contribution in [1.29, 1.82) is 0 Å². The van der Waals surface area contributed by atoms with E-state index in [-0.39, 0.29) is 5.28 Å². The first kappa shape index (κ1) is 8.66. The first-order chi connectivity index (χ1) is 6.16. The number of aromatic nitrogens is 3. The van der Waals surface area contributed by atoms with Gasteiger partial charge in [0, 0.05) is 0 Å². The van der Waals surface area contributed by atoms with Gasteiger partial charge in [-0.25, -0.2) is 15.0 Å². The van der Waals surface area contributed by atoms with Gasteiger partial charge in [0.1, 0.15) is 10.7 Å². The lowest BCUT2D eigenvalue weighted by Crippen LogP contribution is -1.92. The molecule has 2 aromatic heterocycles. The SMILES string of the molecule is Cc1nc(Cl)nc2ccc(Cl)nc12. The molecule has 13 heavy (non-hydrogen) atoms. The van der Waals surface area contributed by atoms with Crippen LogP contribution in [-0.4, -0.2) is 15.0 Å². The van der Waals surface area contributed by atoms with Crippen LogP contribution in [-0.2, 0) is 0 Å². The van der Waals surface area contributed by atoms with E-state index in [0.29, 0.717) is 16.2 Å². The van der Waals surface area contributed by atoms with Gasteiger partial charge in [-0.15, -0.1) is 0 Å². The van der Waals surface area contributed by atoms with Gasteiger partial charge in [0.25, 0.3) is 0 Å². The van der Waals surface area contributed by atoms with Gasteiger partial charge < -0.3 is 0 Å². The smallest absolute Gasteiger partial charge is 0.223 e. The molecule has 0 bridgehead atoms. The lowest BCUT2D eigenvalue weighted by molar-refractivity contribution is 1.13. The predicted molar refractivity (Wildman–Crippen MR) is 52.1 cm³/mol. The van der Waals surface area contributed by atoms with Crippen molar-refractivity contribution >= 4 is 34.2 Å². The van der Waals surface area contributed by atoms with Crippen molar-refractivity contribution < 1.29 is 0 Å². The molecule has 0 saturated carbocycles. The number of rotatable bonds is 0. The molecule has 0 aliphatic heterocycles. The fourth-order valence-corrected chi connectivity index (χ4v) is 1.47. The molecule has 0 aliphatic carbocycles. The van der Waals surface area contributed by atoms with E-state index >= 15 is 0 Å². The lowest BCUT2D eigenvalue weighted by Gasteiger charge is -2.00. The first-order valence-electron chi connectivity index (χ1n) is 3.63. The van der Waals surface area contributed by atoms with Crippen LogP contribution in [0.15, 0.2) is 12.1 Å². The van der Waals surface area contributed by atoms with E-state index in [1.807, 2.05) is 6.92 Å². The van der Waals surface area contributed by atoms with Crippen LogP contribution < -0.4 is 0 Å². The Morgan fingerprint density at radius 1 is 1.08 bits per heavy atom. The summed E-state index contributed by atoms with van der Waals surface area (Å²) in [7, 11) is 0. The fourth-order valence-electron chi connectivity index (χ4n) is 1.10. The summed E-state index contributed by atoms with van der Waals surface area (Å²) in [4.78, 5) is 12.1. The van der Waals surface area contributed by atoms with E-state index < -0.39 is 0 Å². The summed E-state index contributed by atoms with van der Waals surface area (Å²) < 4.78 is 0. The summed E-state index contributed by atoms with van der Waals surface area (Å²) in [5.74, 6) is 0. The van der Waals surface area contributed by atoms with Crippen LogP contribution in [0.2, 0.25) is 10.4 Å². The van der Waals surface area contributed by atoms with E-state index in [0.717, 1.165) is 5.69 Å². The number of halogens is 2. The second-order valence-electron chi connectivity index (χ2n) is 2.58. The van der Waals surface area contributed by atoms with Gasteiger partial charge in [-0.1, -0.05) is 11.6 Å². The normalized spacial score (nSPS) is 10.7. The molecule has 0 unspecified atom stereocenters. The van der Waals surface area contributed by atoms with Gasteiger partial charge in [0.15, 0.2) is 0 Å². The van der Waals surface area contributed by atoms with Crippen LogP contribution in [0.1, 0.15) is 5.69 Å². The maximum absolute atomic E-state index is 5.73. The number of hydrogen-bond donors (Lipinski definition) is 0. The summed E-state index contributed by atoms with van der Waals surface area (Å²) in [6, 6.07) is 3.44. The third kappa shape index (κ3) is 1.57. The minimum atomic E-state index is 0.231. The van der Waals surface area contributed by atoms with Crippen LogP contribution in [0, 0.1) is 6.92 Å². The number of hydrogen-bond acceptors (Lipinski definition) is 3. The molecule has 0 atom stereocenters. The van der Waals surface area contributed by atoms with Crippen LogP contribution in [0.3, 0.4) is 0 Å². The van der Waals surface area contributed by atoms with Crippen molar-refractivity contribution in [1.82, 2.24) is 15.0 Å². The summed E-state index contributed by atoms with van der Waals surface area (Å²) in [5.41, 5.74) is 2.14. The summed E-state index contributed by atoms with van der Waals surface area (Å²) in [6.45, 7) is 1.82. The standard InChI is InChI=1S/C8H5Cl2N3/c1-4-7-5(12-8(10)11-4)2-3-6(9)13-7/h2-3H,1H3. The van der Waals surface area contributed by atoms with E-state index in [9.17, 15) is 0 Å². The largest absolute Gasteiger partial charge is 0.233 e. The Morgan fingerprint density at radius 3 is 2.62 bits per heavy atom. The number of aryl methyl sites for hydroxylation is 1. The van der Waals surface area contributed by atoms with Gasteiger partial charge in [0.05, 0.1) is 11.2 Å². The Hall–Kier alpha value is -0.930. The molecule has 0 N–H and O–H groups in total. The van der Waals surface area contributed by atoms with Crippen molar-refractivity contribution in [2.75, 3.05) is 0 Å². The zero-order chi connectivity index (χ0) is 9.42. The highest BCUT2D eigenvalue weighted by Crippen LogP contribution is 2.17. The zero-order valence-corrected chi connectivity index (χ0v) is 8.26. The first-order valence-corrected chi connectivity index (χ1v) is 4.39. The van der Waals surface area contributed by atoms with Crippen molar-refractivity contribution in [3.63, 3.8) is 0 Å². The van der Waals surface area contributed by atoms with Crippen molar-refractivity contribution in [3.05, 3.63) is 28.3 Å². The zero-order valence-electron chi connectivity index (χ0n) is 6.75. The molecular weight excluding hydrogens is 209 g/mol. The summed E-state index contributed by atoms with van der Waals surface area (Å²) >= 11 is 11.4. The van der Waals surface area contributed by atoms with Crippen molar-refractivity contribution in [3.8, 4) is 0 Å². The molecule has 0 spiro atoms. The van der Waals surface area contributed by atoms with Crippen molar-refractivity contribution in [2.24, 2.45) is 0 Å². The lowest BCUT2D eigenvalue weighted by atomic mass is 10.3. The van der Waals surface area contributed by atoms with E-state index in [2.05, 4.69) is 15.0 Å². The maximum Gasteiger partial charge on any atom is 0.223 e. The Kier molecular flexibility index (Phi) is 2.06. The number of pyridine rings is 1. The highest BCUT2D eigenvalue weighted by Gasteiger charge is 2.04. The molecule has 3 nitrogen and oxygen atoms in total. The van der Waals surface area contributed by atoms with Crippen LogP contribution >= 0.6 is 23.2 Å². The maximum atomic E-state index is 5.73. The van der Waals surface area contributed by atoms with Gasteiger partial charge in [-0.05, 0) is 30.7 Å². The summed E-state index contributed by atoms with van der Waals surface area (Å²) in [5, 5.41) is 0.663. The molecular formula is C8H5Cl2N3. The second-order valence-corrected chi connectivity index (χ2v) is 3.31. The summed E-state index contributed by atoms with van der Waals surface area (Å²) in [6.07, 6.45) is 0. The number of fused-ring (bicyclic) bond motifs is 1. The Bertz CT molecular complexity index is 470. The monoisotopic (exact) mass is 213 g/mol. The van der Waals surface area contributed by atoms with Crippen LogP contribution in [0.5, 0.6) is 0 Å². The van der Waals surface area contributed by atoms with Gasteiger partial charge in [0.2, 0.25) is 5.28 Å². The molecule has 0 aliphatic rings. The molecule has 5 heteroatoms. The highest BCUT2D eigenvalue weighted by molar-refractivity contribution is 6.30. The van der Waals surface area contributed by atoms with Crippen LogP contribution in [0.25, 0.3) is 11.0 Å². The molecule has 0 saturated heterocycles. The van der Waals surface area contributed by atoms with E-state index in [1.165, 1.54) is 0 Å². The predicted octanol–water partition coefficient (Wildman–Crippen LogP) is 2.64. The third-order valence-corrected chi connectivity index (χ3v) is 2.03. The van der Waals surface area contributed by atoms with E-state index in [1.54, 1.807) is 12.1 Å². The second kappa shape index (κ2) is 3.09. The molecule has 2 heterocycles. The minimum absolute atomic E-state index is 0.231. The third-order valence-electron chi connectivity index (χ3n) is 1.66. The Balaban J connectivity index is 2.87.